The van der Waals surface area contributed by atoms with Crippen molar-refractivity contribution < 1.29 is 19.0 Å². The summed E-state index contributed by atoms with van der Waals surface area (Å²) < 4.78 is 22.0. The van der Waals surface area contributed by atoms with Crippen molar-refractivity contribution in [3.63, 3.8) is 0 Å². The third-order valence-electron chi connectivity index (χ3n) is 7.43. The van der Waals surface area contributed by atoms with Crippen LogP contribution in [0.4, 0.5) is 16.0 Å². The van der Waals surface area contributed by atoms with Crippen molar-refractivity contribution in [1.29, 1.82) is 0 Å². The highest BCUT2D eigenvalue weighted by atomic mass is 19.1. The fourth-order valence-electron chi connectivity index (χ4n) is 5.35. The van der Waals surface area contributed by atoms with Crippen LogP contribution in [0, 0.1) is 5.82 Å². The van der Waals surface area contributed by atoms with Gasteiger partial charge in [-0.2, -0.15) is 9.61 Å². The van der Waals surface area contributed by atoms with Gasteiger partial charge in [-0.15, -0.1) is 0 Å². The van der Waals surface area contributed by atoms with E-state index in [2.05, 4.69) is 15.1 Å². The molecule has 1 unspecified atom stereocenters. The second-order valence-corrected chi connectivity index (χ2v) is 10.0. The van der Waals surface area contributed by atoms with Crippen molar-refractivity contribution in [2.24, 2.45) is 0 Å². The molecule has 3 aliphatic rings. The third-order valence-corrected chi connectivity index (χ3v) is 7.43. The molecule has 37 heavy (non-hydrogen) atoms. The second-order valence-electron chi connectivity index (χ2n) is 10.0. The van der Waals surface area contributed by atoms with E-state index in [4.69, 9.17) is 14.8 Å². The van der Waals surface area contributed by atoms with Gasteiger partial charge in [0.05, 0.1) is 23.4 Å². The summed E-state index contributed by atoms with van der Waals surface area (Å²) in [6.07, 6.45) is 2.27. The number of likely N-dealkylation sites (N-methyl/N-ethyl adjacent to an activating group) is 1. The molecule has 2 aromatic heterocycles. The molecule has 0 aliphatic carbocycles. The molecule has 11 heteroatoms. The Balaban J connectivity index is 1.44. The third kappa shape index (κ3) is 4.57. The maximum Gasteiger partial charge on any atom is 0.258 e. The number of fused-ring (bicyclic) bond motifs is 4. The summed E-state index contributed by atoms with van der Waals surface area (Å²) >= 11 is 0. The minimum Gasteiger partial charge on any atom is -0.491 e. The van der Waals surface area contributed by atoms with Gasteiger partial charge in [0.15, 0.2) is 5.65 Å². The molecule has 3 aromatic rings. The highest BCUT2D eigenvalue weighted by Crippen LogP contribution is 2.35. The van der Waals surface area contributed by atoms with Crippen molar-refractivity contribution in [3.8, 4) is 5.75 Å². The standard InChI is InChI=1S/C26H32FN7O3/c1-31-10-7-28-8-11-37-22-6-5-17(27)12-19(22)26(36)33-9-3-2-4-21(33)20-13-24-29-23(32-15-18(35)16-32)14-25(31)34(24)30-20/h5-6,12-14,18,21,28,35H,2-4,7-11,15-16H2,1H3. The molecule has 2 fully saturated rings. The van der Waals surface area contributed by atoms with Crippen LogP contribution in [0.2, 0.25) is 0 Å². The zero-order chi connectivity index (χ0) is 25.5. The largest absolute Gasteiger partial charge is 0.491 e. The lowest BCUT2D eigenvalue weighted by atomic mass is 9.98. The summed E-state index contributed by atoms with van der Waals surface area (Å²) in [6, 6.07) is 7.84. The molecule has 10 nitrogen and oxygen atoms in total. The van der Waals surface area contributed by atoms with Gasteiger partial charge in [0, 0.05) is 58.4 Å². The molecule has 1 amide bonds. The average Bonchev–Trinajstić information content (AvgIpc) is 3.32. The normalized spacial score (nSPS) is 21.5. The lowest BCUT2D eigenvalue weighted by Gasteiger charge is -2.37. The van der Waals surface area contributed by atoms with Crippen LogP contribution in [0.5, 0.6) is 5.75 Å². The van der Waals surface area contributed by atoms with E-state index in [0.717, 1.165) is 43.1 Å². The Kier molecular flexibility index (Phi) is 6.33. The topological polar surface area (TPSA) is 98.5 Å². The Labute approximate surface area is 214 Å². The number of rotatable bonds is 1. The molecule has 0 spiro atoms. The summed E-state index contributed by atoms with van der Waals surface area (Å²) in [6.45, 7) is 4.05. The molecule has 1 atom stereocenters. The van der Waals surface area contributed by atoms with Crippen LogP contribution < -0.4 is 19.9 Å². The molecule has 0 radical (unpaired) electrons. The number of carbonyl (C=O) groups excluding carboxylic acids is 1. The smallest absolute Gasteiger partial charge is 0.258 e. The highest BCUT2D eigenvalue weighted by molar-refractivity contribution is 5.97. The Morgan fingerprint density at radius 1 is 1.14 bits per heavy atom. The first-order chi connectivity index (χ1) is 18.0. The second kappa shape index (κ2) is 9.79. The quantitative estimate of drug-likeness (QED) is 0.513. The number of piperidine rings is 1. The average molecular weight is 510 g/mol. The number of amides is 1. The first kappa shape index (κ1) is 23.9. The lowest BCUT2D eigenvalue weighted by Crippen LogP contribution is -2.51. The number of aliphatic hydroxyl groups excluding tert-OH is 1. The minimum atomic E-state index is -0.468. The molecule has 5 heterocycles. The molecule has 1 aromatic carbocycles. The fraction of sp³-hybridized carbons (Fsp3) is 0.500. The minimum absolute atomic E-state index is 0.236. The maximum atomic E-state index is 14.2. The molecular formula is C26H32FN7O3. The predicted octanol–water partition coefficient (Wildman–Crippen LogP) is 1.83. The number of ether oxygens (including phenoxy) is 1. The molecule has 2 saturated heterocycles. The van der Waals surface area contributed by atoms with E-state index in [-0.39, 0.29) is 23.6 Å². The Morgan fingerprint density at radius 2 is 2.00 bits per heavy atom. The highest BCUT2D eigenvalue weighted by Gasteiger charge is 2.33. The lowest BCUT2D eigenvalue weighted by molar-refractivity contribution is 0.0601. The van der Waals surface area contributed by atoms with Crippen molar-refractivity contribution >= 4 is 23.2 Å². The van der Waals surface area contributed by atoms with E-state index < -0.39 is 5.82 Å². The van der Waals surface area contributed by atoms with E-state index in [1.54, 1.807) is 4.90 Å². The van der Waals surface area contributed by atoms with Crippen molar-refractivity contribution in [2.45, 2.75) is 31.4 Å². The van der Waals surface area contributed by atoms with E-state index in [1.807, 2.05) is 23.7 Å². The number of anilines is 2. The van der Waals surface area contributed by atoms with Gasteiger partial charge in [-0.25, -0.2) is 9.37 Å². The molecule has 3 aliphatic heterocycles. The van der Waals surface area contributed by atoms with Crippen molar-refractivity contribution in [2.75, 3.05) is 62.7 Å². The molecular weight excluding hydrogens is 477 g/mol. The van der Waals surface area contributed by atoms with Crippen LogP contribution in [-0.2, 0) is 0 Å². The predicted molar refractivity (Wildman–Crippen MR) is 137 cm³/mol. The van der Waals surface area contributed by atoms with Gasteiger partial charge in [0.2, 0.25) is 0 Å². The Bertz CT molecular complexity index is 1310. The van der Waals surface area contributed by atoms with Gasteiger partial charge in [0.25, 0.3) is 5.91 Å². The van der Waals surface area contributed by atoms with Crippen LogP contribution in [0.1, 0.15) is 41.4 Å². The van der Waals surface area contributed by atoms with Crippen molar-refractivity contribution in [1.82, 2.24) is 24.8 Å². The number of hydrogen-bond acceptors (Lipinski definition) is 8. The number of aromatic nitrogens is 3. The molecule has 2 N–H and O–H groups in total. The summed E-state index contributed by atoms with van der Waals surface area (Å²) in [5.41, 5.74) is 1.70. The van der Waals surface area contributed by atoms with Gasteiger partial charge < -0.3 is 29.9 Å². The van der Waals surface area contributed by atoms with E-state index in [0.29, 0.717) is 50.7 Å². The van der Waals surface area contributed by atoms with Crippen molar-refractivity contribution in [3.05, 3.63) is 47.4 Å². The van der Waals surface area contributed by atoms with E-state index >= 15 is 0 Å². The summed E-state index contributed by atoms with van der Waals surface area (Å²) in [7, 11) is 2.02. The van der Waals surface area contributed by atoms with Gasteiger partial charge in [-0.3, -0.25) is 4.79 Å². The Hall–Kier alpha value is -3.44. The molecule has 6 rings (SSSR count). The number of halogens is 1. The zero-order valence-electron chi connectivity index (χ0n) is 20.9. The van der Waals surface area contributed by atoms with Gasteiger partial charge >= 0.3 is 0 Å². The number of hydrogen-bond donors (Lipinski definition) is 2. The summed E-state index contributed by atoms with van der Waals surface area (Å²) in [5.74, 6) is 1.36. The van der Waals surface area contributed by atoms with Gasteiger partial charge in [-0.1, -0.05) is 0 Å². The van der Waals surface area contributed by atoms with Crippen LogP contribution in [-0.4, -0.2) is 89.5 Å². The number of nitrogens with one attached hydrogen (secondary N) is 1. The number of benzene rings is 1. The number of carbonyl (C=O) groups is 1. The van der Waals surface area contributed by atoms with Crippen LogP contribution in [0.15, 0.2) is 30.3 Å². The van der Waals surface area contributed by atoms with Crippen LogP contribution in [0.25, 0.3) is 5.65 Å². The van der Waals surface area contributed by atoms with E-state index in [9.17, 15) is 14.3 Å². The zero-order valence-corrected chi connectivity index (χ0v) is 20.9. The molecule has 196 valence electrons. The van der Waals surface area contributed by atoms with Gasteiger partial charge in [-0.05, 0) is 37.5 Å². The molecule has 0 saturated carbocycles. The fourth-order valence-corrected chi connectivity index (χ4v) is 5.35. The van der Waals surface area contributed by atoms with Crippen LogP contribution >= 0.6 is 0 Å². The number of aliphatic hydroxyl groups is 1. The maximum absolute atomic E-state index is 14.2. The Morgan fingerprint density at radius 3 is 2.84 bits per heavy atom. The summed E-state index contributed by atoms with van der Waals surface area (Å²) in [4.78, 5) is 24.6. The van der Waals surface area contributed by atoms with Crippen LogP contribution in [0.3, 0.4) is 0 Å². The SMILES string of the molecule is CN1CCNCCOc2ccc(F)cc2C(=O)N2CCCCC2c2cc3nc(N4CC(O)C4)cc1n3n2. The van der Waals surface area contributed by atoms with Gasteiger partial charge in [0.1, 0.15) is 29.8 Å². The summed E-state index contributed by atoms with van der Waals surface area (Å²) in [5, 5.41) is 18.2. The number of β-amino-alcohol motifs (C(OH)–C–C–N with tert-alkyl or cyclic N) is 1. The monoisotopic (exact) mass is 509 g/mol. The van der Waals surface area contributed by atoms with E-state index in [1.165, 1.54) is 18.2 Å². The first-order valence-corrected chi connectivity index (χ1v) is 13.0. The molecule has 2 bridgehead atoms. The number of nitrogens with zero attached hydrogens (tertiary/aromatic N) is 6. The first-order valence-electron chi connectivity index (χ1n) is 13.0.